The standard InChI is InChI=1S/C40H72/c1-23(2)32-18-15-17-31(20-32)21-34-33-19-14-16-25(5)36(33)27(7)37-29(9)40(13)28(8)35(24(3)4)26(6)22-38(40,11)30(10)39(34,37)12/h23-37H,14-22H2,1-13H3. The van der Waals surface area contributed by atoms with E-state index in [2.05, 4.69) is 90.0 Å². The third-order valence-corrected chi connectivity index (χ3v) is 17.2. The molecule has 0 aromatic rings. The van der Waals surface area contributed by atoms with Crippen molar-refractivity contribution in [2.45, 2.75) is 148 Å². The molecule has 5 aliphatic carbocycles. The third kappa shape index (κ3) is 4.30. The van der Waals surface area contributed by atoms with E-state index in [4.69, 9.17) is 0 Å². The van der Waals surface area contributed by atoms with Crippen LogP contribution in [0.25, 0.3) is 0 Å². The quantitative estimate of drug-likeness (QED) is 0.325. The second-order valence-corrected chi connectivity index (χ2v) is 18.8. The van der Waals surface area contributed by atoms with Crippen molar-refractivity contribution in [2.24, 2.45) is 105 Å². The van der Waals surface area contributed by atoms with E-state index in [1.54, 1.807) is 6.42 Å². The minimum atomic E-state index is 0.426. The van der Waals surface area contributed by atoms with Crippen molar-refractivity contribution in [1.82, 2.24) is 0 Å². The average molecular weight is 553 g/mol. The summed E-state index contributed by atoms with van der Waals surface area (Å²) in [5.74, 6) is 13.3. The Kier molecular flexibility index (Phi) is 8.53. The van der Waals surface area contributed by atoms with Gasteiger partial charge in [-0.05, 0) is 131 Å². The van der Waals surface area contributed by atoms with Gasteiger partial charge in [0.15, 0.2) is 0 Å². The van der Waals surface area contributed by atoms with Crippen LogP contribution in [-0.2, 0) is 0 Å². The van der Waals surface area contributed by atoms with E-state index < -0.39 is 0 Å². The Morgan fingerprint density at radius 2 is 1.38 bits per heavy atom. The molecule has 5 fully saturated rings. The van der Waals surface area contributed by atoms with Crippen molar-refractivity contribution >= 4 is 0 Å². The summed E-state index contributed by atoms with van der Waals surface area (Å²) >= 11 is 0. The average Bonchev–Trinajstić information content (AvgIpc) is 2.88. The molecule has 40 heavy (non-hydrogen) atoms. The van der Waals surface area contributed by atoms with Crippen molar-refractivity contribution in [3.8, 4) is 0 Å². The zero-order valence-corrected chi connectivity index (χ0v) is 29.5. The Balaban J connectivity index is 1.61. The van der Waals surface area contributed by atoms with Gasteiger partial charge in [-0.15, -0.1) is 0 Å². The smallest absolute Gasteiger partial charge is 0.0212 e. The normalized spacial score (nSPS) is 56.9. The fourth-order valence-electron chi connectivity index (χ4n) is 15.2. The number of hydrogen-bond acceptors (Lipinski definition) is 0. The second kappa shape index (κ2) is 10.9. The van der Waals surface area contributed by atoms with Gasteiger partial charge >= 0.3 is 0 Å². The van der Waals surface area contributed by atoms with E-state index in [0.717, 1.165) is 88.8 Å². The molecule has 16 atom stereocenters. The van der Waals surface area contributed by atoms with Gasteiger partial charge < -0.3 is 0 Å². The molecule has 0 aliphatic heterocycles. The largest absolute Gasteiger partial charge is 0.0625 e. The Hall–Kier alpha value is 0. The molecule has 5 aliphatic rings. The highest BCUT2D eigenvalue weighted by molar-refractivity contribution is 5.20. The zero-order valence-electron chi connectivity index (χ0n) is 29.5. The van der Waals surface area contributed by atoms with Gasteiger partial charge in [0.25, 0.3) is 0 Å². The van der Waals surface area contributed by atoms with Gasteiger partial charge in [0, 0.05) is 0 Å². The molecule has 0 nitrogen and oxygen atoms in total. The Morgan fingerprint density at radius 3 is 2.00 bits per heavy atom. The summed E-state index contributed by atoms with van der Waals surface area (Å²) in [7, 11) is 0. The summed E-state index contributed by atoms with van der Waals surface area (Å²) in [6.07, 6.45) is 13.6. The van der Waals surface area contributed by atoms with Crippen LogP contribution in [0.3, 0.4) is 0 Å². The monoisotopic (exact) mass is 553 g/mol. The van der Waals surface area contributed by atoms with E-state index in [1.807, 2.05) is 0 Å². The molecular weight excluding hydrogens is 480 g/mol. The summed E-state index contributed by atoms with van der Waals surface area (Å²) < 4.78 is 0. The topological polar surface area (TPSA) is 0 Å². The first-order valence-electron chi connectivity index (χ1n) is 18.6. The highest BCUT2D eigenvalue weighted by atomic mass is 14.8. The summed E-state index contributed by atoms with van der Waals surface area (Å²) in [6, 6.07) is 0. The summed E-state index contributed by atoms with van der Waals surface area (Å²) in [5.41, 5.74) is 1.33. The van der Waals surface area contributed by atoms with E-state index in [9.17, 15) is 0 Å². The molecule has 232 valence electrons. The summed E-state index contributed by atoms with van der Waals surface area (Å²) in [4.78, 5) is 0. The van der Waals surface area contributed by atoms with Crippen LogP contribution in [0.4, 0.5) is 0 Å². The lowest BCUT2D eigenvalue weighted by molar-refractivity contribution is -0.294. The van der Waals surface area contributed by atoms with E-state index in [-0.39, 0.29) is 0 Å². The maximum absolute atomic E-state index is 2.91. The minimum Gasteiger partial charge on any atom is -0.0625 e. The zero-order chi connectivity index (χ0) is 29.5. The van der Waals surface area contributed by atoms with Gasteiger partial charge in [0.2, 0.25) is 0 Å². The van der Waals surface area contributed by atoms with Gasteiger partial charge in [0.1, 0.15) is 0 Å². The summed E-state index contributed by atoms with van der Waals surface area (Å²) in [6.45, 7) is 35.1. The summed E-state index contributed by atoms with van der Waals surface area (Å²) in [5, 5.41) is 0. The lowest BCUT2D eigenvalue weighted by atomic mass is 9.27. The Bertz CT molecular complexity index is 884. The third-order valence-electron chi connectivity index (χ3n) is 17.2. The van der Waals surface area contributed by atoms with Gasteiger partial charge in [0.05, 0.1) is 0 Å². The molecule has 0 heterocycles. The number of hydrogen-bond donors (Lipinski definition) is 0. The van der Waals surface area contributed by atoms with Gasteiger partial charge in [-0.3, -0.25) is 0 Å². The van der Waals surface area contributed by atoms with E-state index in [0.29, 0.717) is 16.2 Å². The van der Waals surface area contributed by atoms with E-state index >= 15 is 0 Å². The molecular formula is C40H72. The SMILES string of the molecule is CC(C)C1CCCC(CC2C3CCCC(C)C3C(C)C3C(C)C4(C)C(C)C(C(C)C)C(C)CC4(C)C(C)C23C)C1. The molecule has 0 aromatic heterocycles. The van der Waals surface area contributed by atoms with E-state index in [1.165, 1.54) is 51.4 Å². The van der Waals surface area contributed by atoms with Crippen molar-refractivity contribution in [2.75, 3.05) is 0 Å². The van der Waals surface area contributed by atoms with Crippen molar-refractivity contribution in [3.05, 3.63) is 0 Å². The molecule has 0 amide bonds. The maximum Gasteiger partial charge on any atom is -0.0212 e. The number of fused-ring (bicyclic) bond motifs is 3. The number of rotatable bonds is 4. The highest BCUT2D eigenvalue weighted by Crippen LogP contribution is 2.78. The van der Waals surface area contributed by atoms with Crippen LogP contribution in [0.15, 0.2) is 0 Å². The molecule has 0 aromatic carbocycles. The lowest BCUT2D eigenvalue weighted by Crippen LogP contribution is -2.72. The van der Waals surface area contributed by atoms with Gasteiger partial charge in [-0.1, -0.05) is 122 Å². The first kappa shape index (κ1) is 31.4. The maximum atomic E-state index is 2.91. The molecule has 0 radical (unpaired) electrons. The van der Waals surface area contributed by atoms with Crippen LogP contribution in [-0.4, -0.2) is 0 Å². The van der Waals surface area contributed by atoms with Crippen molar-refractivity contribution in [3.63, 3.8) is 0 Å². The first-order valence-corrected chi connectivity index (χ1v) is 18.6. The molecule has 0 bridgehead atoms. The predicted molar refractivity (Wildman–Crippen MR) is 175 cm³/mol. The fraction of sp³-hybridized carbons (Fsp3) is 1.00. The molecule has 5 rings (SSSR count). The highest BCUT2D eigenvalue weighted by Gasteiger charge is 2.73. The fourth-order valence-corrected chi connectivity index (χ4v) is 15.2. The molecule has 16 unspecified atom stereocenters. The van der Waals surface area contributed by atoms with Crippen LogP contribution < -0.4 is 0 Å². The second-order valence-electron chi connectivity index (χ2n) is 18.8. The van der Waals surface area contributed by atoms with Crippen molar-refractivity contribution < 1.29 is 0 Å². The van der Waals surface area contributed by atoms with Crippen LogP contribution in [0, 0.1) is 105 Å². The molecule has 0 spiro atoms. The Morgan fingerprint density at radius 1 is 0.725 bits per heavy atom. The molecule has 0 heteroatoms. The van der Waals surface area contributed by atoms with Crippen LogP contribution >= 0.6 is 0 Å². The predicted octanol–water partition coefficient (Wildman–Crippen LogP) is 12.0. The van der Waals surface area contributed by atoms with Crippen LogP contribution in [0.5, 0.6) is 0 Å². The van der Waals surface area contributed by atoms with Crippen molar-refractivity contribution in [1.29, 1.82) is 0 Å². The van der Waals surface area contributed by atoms with Crippen LogP contribution in [0.2, 0.25) is 0 Å². The van der Waals surface area contributed by atoms with Gasteiger partial charge in [-0.25, -0.2) is 0 Å². The molecule has 0 saturated heterocycles. The molecule has 5 saturated carbocycles. The minimum absolute atomic E-state index is 0.426. The lowest BCUT2D eigenvalue weighted by Gasteiger charge is -2.77. The molecule has 0 N–H and O–H groups in total. The van der Waals surface area contributed by atoms with Gasteiger partial charge in [-0.2, -0.15) is 0 Å². The van der Waals surface area contributed by atoms with Crippen LogP contribution in [0.1, 0.15) is 148 Å². The first-order chi connectivity index (χ1) is 18.6. The Labute approximate surface area is 252 Å².